The van der Waals surface area contributed by atoms with E-state index in [0.717, 1.165) is 27.6 Å². The van der Waals surface area contributed by atoms with Crippen LogP contribution in [-0.2, 0) is 9.73 Å². The van der Waals surface area contributed by atoms with Crippen molar-refractivity contribution in [3.8, 4) is 11.1 Å². The Hall–Kier alpha value is -2.87. The predicted molar refractivity (Wildman–Crippen MR) is 111 cm³/mol. The van der Waals surface area contributed by atoms with Crippen LogP contribution >= 0.6 is 0 Å². The minimum Gasteiger partial charge on any atom is -0.261 e. The first-order valence-electron chi connectivity index (χ1n) is 8.84. The van der Waals surface area contributed by atoms with Crippen LogP contribution < -0.4 is 0 Å². The summed E-state index contributed by atoms with van der Waals surface area (Å²) in [6.07, 6.45) is 4.83. The largest absolute Gasteiger partial charge is 0.261 e. The van der Waals surface area contributed by atoms with Crippen molar-refractivity contribution in [3.05, 3.63) is 48.0 Å². The first-order valence-corrected chi connectivity index (χ1v) is 11.2. The molecule has 6 nitrogen and oxygen atoms in total. The van der Waals surface area contributed by atoms with Crippen LogP contribution in [0.4, 0.5) is 10.2 Å². The maximum Gasteiger partial charge on any atom is 0.188 e. The van der Waals surface area contributed by atoms with Crippen LogP contribution in [0.15, 0.2) is 40.9 Å². The molecule has 0 saturated carbocycles. The van der Waals surface area contributed by atoms with Gasteiger partial charge in [-0.25, -0.2) is 18.6 Å². The normalized spacial score (nSPS) is 12.2. The van der Waals surface area contributed by atoms with Crippen molar-refractivity contribution in [2.45, 2.75) is 19.8 Å². The number of nitrogens with zero attached hydrogens (tertiary/aromatic N) is 4. The molecule has 0 fully saturated rings. The lowest BCUT2D eigenvalue weighted by Gasteiger charge is -2.17. The molecule has 0 aliphatic carbocycles. The van der Waals surface area contributed by atoms with Gasteiger partial charge in [0.1, 0.15) is 11.3 Å². The van der Waals surface area contributed by atoms with Crippen molar-refractivity contribution in [1.29, 1.82) is 0 Å². The third kappa shape index (κ3) is 3.35. The lowest BCUT2D eigenvalue weighted by Crippen LogP contribution is -2.01. The van der Waals surface area contributed by atoms with Gasteiger partial charge in [0.2, 0.25) is 0 Å². The van der Waals surface area contributed by atoms with Gasteiger partial charge in [0.25, 0.3) is 0 Å². The van der Waals surface area contributed by atoms with Gasteiger partial charge in [0, 0.05) is 38.6 Å². The topological polar surface area (TPSA) is 83.9 Å². The molecule has 0 radical (unpaired) electrons. The summed E-state index contributed by atoms with van der Waals surface area (Å²) in [5.41, 5.74) is 3.65. The molecule has 3 aromatic heterocycles. The molecule has 0 bridgehead atoms. The summed E-state index contributed by atoms with van der Waals surface area (Å²) >= 11 is 0. The highest BCUT2D eigenvalue weighted by Crippen LogP contribution is 2.39. The minimum absolute atomic E-state index is 0.0724. The van der Waals surface area contributed by atoms with Crippen LogP contribution in [0.25, 0.3) is 33.1 Å². The van der Waals surface area contributed by atoms with E-state index in [0.29, 0.717) is 17.0 Å². The second kappa shape index (κ2) is 6.63. The van der Waals surface area contributed by atoms with Crippen LogP contribution in [0.3, 0.4) is 0 Å². The number of halogens is 1. The number of pyridine rings is 2. The van der Waals surface area contributed by atoms with Gasteiger partial charge in [-0.15, -0.1) is 0 Å². The first-order chi connectivity index (χ1) is 13.2. The standard InChI is InChI=1S/C20H20FN5OS/c1-11(2)17-16(12-5-7-14(21)8-6-12)15-9-13-10-22-25-19(13)24-18(15)20(23-17)26-28(3,4)27/h5-11H,1-4H3,(H,22,24,25). The van der Waals surface area contributed by atoms with E-state index >= 15 is 0 Å². The molecular weight excluding hydrogens is 377 g/mol. The van der Waals surface area contributed by atoms with Crippen LogP contribution in [-0.4, -0.2) is 36.9 Å². The number of benzene rings is 1. The summed E-state index contributed by atoms with van der Waals surface area (Å²) in [5, 5.41) is 8.57. The Balaban J connectivity index is 2.20. The van der Waals surface area contributed by atoms with E-state index in [1.54, 1.807) is 30.8 Å². The van der Waals surface area contributed by atoms with Crippen LogP contribution in [0, 0.1) is 5.82 Å². The fourth-order valence-electron chi connectivity index (χ4n) is 3.21. The lowest BCUT2D eigenvalue weighted by atomic mass is 9.93. The van der Waals surface area contributed by atoms with Crippen molar-refractivity contribution in [1.82, 2.24) is 20.2 Å². The Labute approximate surface area is 162 Å². The summed E-state index contributed by atoms with van der Waals surface area (Å²) in [4.78, 5) is 9.39. The summed E-state index contributed by atoms with van der Waals surface area (Å²) in [7, 11) is -2.44. The molecule has 0 atom stereocenters. The number of nitrogens with one attached hydrogen (secondary N) is 1. The summed E-state index contributed by atoms with van der Waals surface area (Å²) < 4.78 is 30.3. The molecule has 0 amide bonds. The van der Waals surface area contributed by atoms with E-state index in [9.17, 15) is 8.60 Å². The third-order valence-electron chi connectivity index (χ3n) is 4.38. The number of H-pyrrole nitrogens is 1. The number of rotatable bonds is 3. The average Bonchev–Trinajstić information content (AvgIpc) is 3.07. The Morgan fingerprint density at radius 2 is 1.86 bits per heavy atom. The second-order valence-electron chi connectivity index (χ2n) is 7.32. The van der Waals surface area contributed by atoms with Crippen LogP contribution in [0.2, 0.25) is 0 Å². The average molecular weight is 397 g/mol. The van der Waals surface area contributed by atoms with Gasteiger partial charge in [-0.05, 0) is 29.7 Å². The summed E-state index contributed by atoms with van der Waals surface area (Å²) in [6.45, 7) is 4.06. The predicted octanol–water partition coefficient (Wildman–Crippen LogP) is 4.79. The molecule has 4 rings (SSSR count). The Morgan fingerprint density at radius 1 is 1.14 bits per heavy atom. The van der Waals surface area contributed by atoms with Gasteiger partial charge in [-0.3, -0.25) is 5.10 Å². The van der Waals surface area contributed by atoms with E-state index in [1.807, 2.05) is 19.9 Å². The quantitative estimate of drug-likeness (QED) is 0.538. The fraction of sp³-hybridized carbons (Fsp3) is 0.250. The molecule has 1 aromatic carbocycles. The molecule has 8 heteroatoms. The Bertz CT molecular complexity index is 1310. The smallest absolute Gasteiger partial charge is 0.188 e. The molecule has 144 valence electrons. The fourth-order valence-corrected chi connectivity index (χ4v) is 3.76. The zero-order valence-electron chi connectivity index (χ0n) is 16.0. The number of aromatic nitrogens is 4. The number of hydrogen-bond donors (Lipinski definition) is 1. The van der Waals surface area contributed by atoms with E-state index < -0.39 is 9.73 Å². The maximum absolute atomic E-state index is 13.5. The first kappa shape index (κ1) is 18.5. The second-order valence-corrected chi connectivity index (χ2v) is 9.87. The molecule has 0 saturated heterocycles. The van der Waals surface area contributed by atoms with Crippen molar-refractivity contribution in [3.63, 3.8) is 0 Å². The maximum atomic E-state index is 13.5. The molecule has 0 unspecified atom stereocenters. The van der Waals surface area contributed by atoms with Gasteiger partial charge in [-0.2, -0.15) is 9.46 Å². The van der Waals surface area contributed by atoms with Gasteiger partial charge in [-0.1, -0.05) is 26.0 Å². The molecule has 4 aromatic rings. The number of aromatic amines is 1. The molecule has 3 heterocycles. The SMILES string of the molecule is CC(C)c1nc(N=S(C)(C)=O)c2nc3[nH]ncc3cc2c1-c1ccc(F)cc1. The molecular formula is C20H20FN5OS. The third-order valence-corrected chi connectivity index (χ3v) is 4.99. The highest BCUT2D eigenvalue weighted by atomic mass is 32.2. The molecule has 0 aliphatic rings. The molecule has 1 N–H and O–H groups in total. The van der Waals surface area contributed by atoms with Crippen molar-refractivity contribution in [2.24, 2.45) is 4.36 Å². The van der Waals surface area contributed by atoms with Crippen molar-refractivity contribution < 1.29 is 8.60 Å². The minimum atomic E-state index is -2.44. The monoisotopic (exact) mass is 397 g/mol. The van der Waals surface area contributed by atoms with E-state index in [-0.39, 0.29) is 11.7 Å². The van der Waals surface area contributed by atoms with Gasteiger partial charge < -0.3 is 0 Å². The zero-order valence-corrected chi connectivity index (χ0v) is 16.8. The Kier molecular flexibility index (Phi) is 4.38. The van der Waals surface area contributed by atoms with Crippen LogP contribution in [0.1, 0.15) is 25.5 Å². The molecule has 28 heavy (non-hydrogen) atoms. The lowest BCUT2D eigenvalue weighted by molar-refractivity contribution is 0.628. The number of fused-ring (bicyclic) bond motifs is 2. The highest BCUT2D eigenvalue weighted by Gasteiger charge is 2.20. The summed E-state index contributed by atoms with van der Waals surface area (Å²) in [6, 6.07) is 8.30. The zero-order chi connectivity index (χ0) is 20.1. The van der Waals surface area contributed by atoms with E-state index in [4.69, 9.17) is 4.98 Å². The van der Waals surface area contributed by atoms with E-state index in [1.165, 1.54) is 12.1 Å². The highest BCUT2D eigenvalue weighted by molar-refractivity contribution is 7.92. The Morgan fingerprint density at radius 3 is 2.50 bits per heavy atom. The van der Waals surface area contributed by atoms with Gasteiger partial charge in [0.05, 0.1) is 11.9 Å². The van der Waals surface area contributed by atoms with Gasteiger partial charge in [0.15, 0.2) is 11.5 Å². The van der Waals surface area contributed by atoms with E-state index in [2.05, 4.69) is 19.5 Å². The molecule has 0 aliphatic heterocycles. The van der Waals surface area contributed by atoms with Crippen molar-refractivity contribution >= 4 is 37.5 Å². The van der Waals surface area contributed by atoms with Gasteiger partial charge >= 0.3 is 0 Å². The molecule has 0 spiro atoms. The van der Waals surface area contributed by atoms with Crippen LogP contribution in [0.5, 0.6) is 0 Å². The van der Waals surface area contributed by atoms with Crippen molar-refractivity contribution in [2.75, 3.05) is 12.5 Å². The summed E-state index contributed by atoms with van der Waals surface area (Å²) in [5.74, 6) is 0.116. The number of hydrogen-bond acceptors (Lipinski definition) is 5.